The number of rotatable bonds is 6. The molecule has 86 valence electrons. The summed E-state index contributed by atoms with van der Waals surface area (Å²) in [4.78, 5) is 2.72. The first-order valence-electron chi connectivity index (χ1n) is 5.26. The average molecular weight is 250 g/mol. The zero-order valence-electron chi connectivity index (χ0n) is 8.58. The fourth-order valence-electron chi connectivity index (χ4n) is 2.00. The van der Waals surface area contributed by atoms with Gasteiger partial charge in [0, 0.05) is 5.54 Å². The van der Waals surface area contributed by atoms with E-state index in [2.05, 4.69) is 11.4 Å². The number of hydrogen-bond donors (Lipinski definition) is 1. The molecule has 0 radical (unpaired) electrons. The van der Waals surface area contributed by atoms with Crippen LogP contribution in [0.1, 0.15) is 25.7 Å². The van der Waals surface area contributed by atoms with E-state index < -0.39 is 9.84 Å². The van der Waals surface area contributed by atoms with Crippen LogP contribution in [-0.2, 0) is 9.84 Å². The number of hydrogen-bond acceptors (Lipinski definition) is 3. The van der Waals surface area contributed by atoms with Gasteiger partial charge >= 0.3 is 0 Å². The smallest absolute Gasteiger partial charge is 0.153 e. The lowest BCUT2D eigenvalue weighted by atomic mass is 10.1. The number of sulfone groups is 1. The second-order valence-corrected chi connectivity index (χ2v) is 7.20. The first-order valence-corrected chi connectivity index (χ1v) is 7.35. The van der Waals surface area contributed by atoms with Gasteiger partial charge in [-0.1, -0.05) is 6.08 Å². The highest BCUT2D eigenvalue weighted by atomic mass is 35.5. The van der Waals surface area contributed by atoms with E-state index >= 15 is 0 Å². The van der Waals surface area contributed by atoms with Gasteiger partial charge in [-0.2, -0.15) is 0 Å². The number of nitrogens with one attached hydrogen (secondary N) is 1. The summed E-state index contributed by atoms with van der Waals surface area (Å²) in [6, 6.07) is 0. The second kappa shape index (κ2) is 3.75. The summed E-state index contributed by atoms with van der Waals surface area (Å²) in [5, 5.41) is -0.0641. The Kier molecular flexibility index (Phi) is 2.86. The lowest BCUT2D eigenvalue weighted by molar-refractivity contribution is 0.548. The Bertz CT molecular complexity index is 364. The molecule has 0 aromatic carbocycles. The Morgan fingerprint density at radius 1 is 1.53 bits per heavy atom. The average Bonchev–Trinajstić information content (AvgIpc) is 3.08. The van der Waals surface area contributed by atoms with Gasteiger partial charge in [0.1, 0.15) is 0 Å². The van der Waals surface area contributed by atoms with Crippen molar-refractivity contribution < 1.29 is 8.42 Å². The third kappa shape index (κ3) is 2.22. The summed E-state index contributed by atoms with van der Waals surface area (Å²) >= 11 is 5.66. The van der Waals surface area contributed by atoms with Gasteiger partial charge < -0.3 is 0 Å². The van der Waals surface area contributed by atoms with Gasteiger partial charge in [-0.15, -0.1) is 6.58 Å². The van der Waals surface area contributed by atoms with Crippen LogP contribution in [0, 0.1) is 5.92 Å². The van der Waals surface area contributed by atoms with Gasteiger partial charge in [0.05, 0.1) is 11.0 Å². The molecule has 0 aromatic heterocycles. The first kappa shape index (κ1) is 11.4. The molecule has 0 spiro atoms. The van der Waals surface area contributed by atoms with Gasteiger partial charge in [-0.25, -0.2) is 13.3 Å². The summed E-state index contributed by atoms with van der Waals surface area (Å²) < 4.78 is 23.4. The molecule has 0 saturated heterocycles. The van der Waals surface area contributed by atoms with Gasteiger partial charge in [0.25, 0.3) is 0 Å². The highest BCUT2D eigenvalue weighted by Gasteiger charge is 2.52. The molecule has 2 aliphatic carbocycles. The van der Waals surface area contributed by atoms with Crippen molar-refractivity contribution in [3.63, 3.8) is 0 Å². The molecule has 0 unspecified atom stereocenters. The lowest BCUT2D eigenvalue weighted by Gasteiger charge is -2.13. The van der Waals surface area contributed by atoms with Gasteiger partial charge in [0.15, 0.2) is 9.84 Å². The van der Waals surface area contributed by atoms with E-state index in [1.54, 1.807) is 0 Å². The first-order chi connectivity index (χ1) is 7.04. The molecule has 2 fully saturated rings. The molecule has 15 heavy (non-hydrogen) atoms. The zero-order chi connectivity index (χ0) is 11.1. The van der Waals surface area contributed by atoms with Crippen LogP contribution in [0.15, 0.2) is 12.7 Å². The quantitative estimate of drug-likeness (QED) is 0.575. The molecular formula is C10H16ClNO2S. The topological polar surface area (TPSA) is 46.2 Å². The van der Waals surface area contributed by atoms with E-state index in [1.165, 1.54) is 0 Å². The molecule has 1 N–H and O–H groups in total. The van der Waals surface area contributed by atoms with Gasteiger partial charge in [-0.05, 0) is 43.4 Å². The summed E-state index contributed by atoms with van der Waals surface area (Å²) in [5.41, 5.74) is -0.203. The Morgan fingerprint density at radius 2 is 2.20 bits per heavy atom. The Morgan fingerprint density at radius 3 is 2.60 bits per heavy atom. The monoisotopic (exact) mass is 249 g/mol. The summed E-state index contributed by atoms with van der Waals surface area (Å²) in [5.74, 6) is 0.575. The third-order valence-electron chi connectivity index (χ3n) is 3.47. The summed E-state index contributed by atoms with van der Waals surface area (Å²) in [6.07, 6.45) is 5.04. The minimum Gasteiger partial charge on any atom is -0.229 e. The van der Waals surface area contributed by atoms with Crippen LogP contribution in [0.5, 0.6) is 0 Å². The van der Waals surface area contributed by atoms with Crippen LogP contribution >= 0.6 is 11.8 Å². The molecule has 3 nitrogen and oxygen atoms in total. The van der Waals surface area contributed by atoms with E-state index in [0.717, 1.165) is 19.3 Å². The van der Waals surface area contributed by atoms with Crippen molar-refractivity contribution in [3.05, 3.63) is 12.7 Å². The molecule has 2 saturated carbocycles. The SMILES string of the molecule is C=C[C@@H]1C[C@@]1(CCS(=O)(=O)C1CC1)NCl. The van der Waals surface area contributed by atoms with Crippen LogP contribution in [0.25, 0.3) is 0 Å². The maximum atomic E-state index is 11.7. The maximum Gasteiger partial charge on any atom is 0.153 e. The number of halogens is 1. The Balaban J connectivity index is 1.90. The van der Waals surface area contributed by atoms with Crippen LogP contribution in [0.2, 0.25) is 0 Å². The largest absolute Gasteiger partial charge is 0.229 e. The molecule has 0 aliphatic heterocycles. The van der Waals surface area contributed by atoms with E-state index in [9.17, 15) is 8.42 Å². The molecule has 2 rings (SSSR count). The van der Waals surface area contributed by atoms with Crippen molar-refractivity contribution in [2.24, 2.45) is 5.92 Å². The highest BCUT2D eigenvalue weighted by Crippen LogP contribution is 2.48. The third-order valence-corrected chi connectivity index (χ3v) is 6.11. The van der Waals surface area contributed by atoms with Crippen molar-refractivity contribution in [2.45, 2.75) is 36.5 Å². The standard InChI is InChI=1S/C10H16ClNO2S/c1-2-8-7-10(8,12-11)5-6-15(13,14)9-3-4-9/h2,8-9,12H,1,3-7H2/t8-,10-/m1/s1. The van der Waals surface area contributed by atoms with Crippen LogP contribution in [0.3, 0.4) is 0 Å². The van der Waals surface area contributed by atoms with Crippen molar-refractivity contribution in [1.82, 2.24) is 4.84 Å². The van der Waals surface area contributed by atoms with Crippen molar-refractivity contribution in [1.29, 1.82) is 0 Å². The lowest BCUT2D eigenvalue weighted by Crippen LogP contribution is -2.29. The fourth-order valence-corrected chi connectivity index (χ4v) is 4.15. The Hall–Kier alpha value is -0.0600. The predicted molar refractivity (Wildman–Crippen MR) is 61.4 cm³/mol. The van der Waals surface area contributed by atoms with Crippen molar-refractivity contribution in [2.75, 3.05) is 5.75 Å². The molecule has 5 heteroatoms. The predicted octanol–water partition coefficient (Wildman–Crippen LogP) is 1.64. The van der Waals surface area contributed by atoms with E-state index in [4.69, 9.17) is 11.8 Å². The maximum absolute atomic E-state index is 11.7. The van der Waals surface area contributed by atoms with Crippen molar-refractivity contribution in [3.8, 4) is 0 Å². The van der Waals surface area contributed by atoms with Crippen LogP contribution in [0.4, 0.5) is 0 Å². The minimum absolute atomic E-state index is 0.0641. The second-order valence-electron chi connectivity index (χ2n) is 4.61. The van der Waals surface area contributed by atoms with E-state index in [-0.39, 0.29) is 16.5 Å². The summed E-state index contributed by atoms with van der Waals surface area (Å²) in [6.45, 7) is 3.71. The molecule has 0 amide bonds. The van der Waals surface area contributed by atoms with Crippen LogP contribution in [-0.4, -0.2) is 25.0 Å². The molecule has 0 heterocycles. The molecule has 0 aromatic rings. The van der Waals surface area contributed by atoms with E-state index in [1.807, 2.05) is 6.08 Å². The zero-order valence-corrected chi connectivity index (χ0v) is 10.1. The fraction of sp³-hybridized carbons (Fsp3) is 0.800. The molecule has 0 bridgehead atoms. The summed E-state index contributed by atoms with van der Waals surface area (Å²) in [7, 11) is -2.85. The van der Waals surface area contributed by atoms with Gasteiger partial charge in [0.2, 0.25) is 0 Å². The normalized spacial score (nSPS) is 35.1. The molecule has 2 aliphatic rings. The molecular weight excluding hydrogens is 234 g/mol. The van der Waals surface area contributed by atoms with Crippen molar-refractivity contribution >= 4 is 21.6 Å². The van der Waals surface area contributed by atoms with E-state index in [0.29, 0.717) is 12.3 Å². The Labute approximate surface area is 95.9 Å². The van der Waals surface area contributed by atoms with Gasteiger partial charge in [-0.3, -0.25) is 0 Å². The van der Waals surface area contributed by atoms with Crippen LogP contribution < -0.4 is 4.84 Å². The highest BCUT2D eigenvalue weighted by molar-refractivity contribution is 7.92. The minimum atomic E-state index is -2.85. The molecule has 2 atom stereocenters.